The molecule has 1 unspecified atom stereocenters. The second-order valence-electron chi connectivity index (χ2n) is 3.50. The van der Waals surface area contributed by atoms with Gasteiger partial charge in [0.15, 0.2) is 0 Å². The summed E-state index contributed by atoms with van der Waals surface area (Å²) in [5.41, 5.74) is 0. The third-order valence-electron chi connectivity index (χ3n) is 2.22. The van der Waals surface area contributed by atoms with Gasteiger partial charge in [0.1, 0.15) is 0 Å². The zero-order valence-electron chi connectivity index (χ0n) is 9.39. The van der Waals surface area contributed by atoms with Crippen molar-refractivity contribution in [2.24, 2.45) is 0 Å². The van der Waals surface area contributed by atoms with Crippen molar-refractivity contribution < 1.29 is 34.7 Å². The molecule has 0 aliphatic rings. The van der Waals surface area contributed by atoms with Gasteiger partial charge in [-0.15, -0.1) is 0 Å². The summed E-state index contributed by atoms with van der Waals surface area (Å²) in [4.78, 5) is 0. The summed E-state index contributed by atoms with van der Waals surface area (Å²) in [6.45, 7) is 5.89. The molecule has 0 aromatic carbocycles. The molecule has 0 bridgehead atoms. The van der Waals surface area contributed by atoms with Crippen molar-refractivity contribution in [3.05, 3.63) is 6.92 Å². The molecule has 0 radical (unpaired) electrons. The van der Waals surface area contributed by atoms with Crippen LogP contribution in [0.4, 0.5) is 0 Å². The maximum Gasteiger partial charge on any atom is 1.00 e. The molecule has 0 rings (SSSR count). The van der Waals surface area contributed by atoms with Gasteiger partial charge in [0, 0.05) is 6.10 Å². The molecule has 1 nitrogen and oxygen atoms in total. The van der Waals surface area contributed by atoms with Gasteiger partial charge in [-0.3, -0.25) is 0 Å². The Morgan fingerprint density at radius 2 is 1.62 bits per heavy atom. The Morgan fingerprint density at radius 1 is 1.08 bits per heavy atom. The van der Waals surface area contributed by atoms with Crippen molar-refractivity contribution in [3.63, 3.8) is 0 Å². The topological polar surface area (TPSA) is 20.2 Å². The number of hydrogen-bond acceptors (Lipinski definition) is 1. The van der Waals surface area contributed by atoms with Crippen molar-refractivity contribution >= 4 is 0 Å². The fourth-order valence-corrected chi connectivity index (χ4v) is 1.30. The first kappa shape index (κ1) is 16.4. The number of unbranched alkanes of at least 4 members (excludes halogenated alkanes) is 5. The molecule has 2 heteroatoms. The minimum absolute atomic E-state index is 0. The molecule has 74 valence electrons. The van der Waals surface area contributed by atoms with E-state index >= 15 is 0 Å². The molecule has 1 atom stereocenters. The maximum atomic E-state index is 9.20. The van der Waals surface area contributed by atoms with Gasteiger partial charge in [0.05, 0.1) is 0 Å². The molecule has 0 aliphatic carbocycles. The maximum absolute atomic E-state index is 9.20. The van der Waals surface area contributed by atoms with E-state index in [4.69, 9.17) is 0 Å². The van der Waals surface area contributed by atoms with Crippen LogP contribution < -0.4 is 29.6 Å². The fourth-order valence-electron chi connectivity index (χ4n) is 1.30. The largest absolute Gasteiger partial charge is 1.00 e. The summed E-state index contributed by atoms with van der Waals surface area (Å²) in [5.74, 6) is 0. The molecular formula is C11H23NaO. The van der Waals surface area contributed by atoms with Gasteiger partial charge in [-0.05, 0) is 6.42 Å². The molecule has 0 fully saturated rings. The second kappa shape index (κ2) is 13.0. The molecule has 0 aliphatic heterocycles. The summed E-state index contributed by atoms with van der Waals surface area (Å²) in [5, 5.41) is 9.20. The molecule has 0 saturated carbocycles. The SMILES string of the molecule is [CH2-]CC(O)CCCCCCCC.[Na+]. The molecule has 1 N–H and O–H groups in total. The molecule has 0 spiro atoms. The number of hydrogen-bond donors (Lipinski definition) is 1. The van der Waals surface area contributed by atoms with E-state index in [2.05, 4.69) is 13.8 Å². The van der Waals surface area contributed by atoms with Crippen LogP contribution in [0.5, 0.6) is 0 Å². The summed E-state index contributed by atoms with van der Waals surface area (Å²) < 4.78 is 0. The van der Waals surface area contributed by atoms with Crippen LogP contribution in [-0.2, 0) is 0 Å². The van der Waals surface area contributed by atoms with Crippen LogP contribution in [-0.4, -0.2) is 11.2 Å². The molecule has 0 heterocycles. The van der Waals surface area contributed by atoms with Gasteiger partial charge < -0.3 is 12.0 Å². The summed E-state index contributed by atoms with van der Waals surface area (Å²) in [7, 11) is 0. The van der Waals surface area contributed by atoms with Crippen molar-refractivity contribution in [2.45, 2.75) is 64.4 Å². The summed E-state index contributed by atoms with van der Waals surface area (Å²) in [6.07, 6.45) is 9.24. The summed E-state index contributed by atoms with van der Waals surface area (Å²) >= 11 is 0. The van der Waals surface area contributed by atoms with E-state index in [1.54, 1.807) is 0 Å². The number of aliphatic hydroxyl groups is 1. The molecule has 0 saturated heterocycles. The van der Waals surface area contributed by atoms with Gasteiger partial charge in [-0.1, -0.05) is 45.4 Å². The van der Waals surface area contributed by atoms with E-state index in [0.717, 1.165) is 6.42 Å². The van der Waals surface area contributed by atoms with Gasteiger partial charge in [0.2, 0.25) is 0 Å². The smallest absolute Gasteiger partial charge is 0.396 e. The quantitative estimate of drug-likeness (QED) is 0.335. The van der Waals surface area contributed by atoms with Gasteiger partial charge >= 0.3 is 29.6 Å². The standard InChI is InChI=1S/C11H23O.Na/c1-3-5-6-7-8-9-10-11(12)4-2;/h11-12H,2-10H2,1H3;/q-1;+1. The number of rotatable bonds is 8. The van der Waals surface area contributed by atoms with Crippen LogP contribution in [0.3, 0.4) is 0 Å². The van der Waals surface area contributed by atoms with E-state index in [1.165, 1.54) is 38.5 Å². The van der Waals surface area contributed by atoms with Crippen LogP contribution in [0, 0.1) is 6.92 Å². The van der Waals surface area contributed by atoms with Gasteiger partial charge in [-0.25, -0.2) is 0 Å². The first-order valence-electron chi connectivity index (χ1n) is 5.28. The minimum Gasteiger partial charge on any atom is -0.396 e. The number of aliphatic hydroxyl groups excluding tert-OH is 1. The predicted molar refractivity (Wildman–Crippen MR) is 54.0 cm³/mol. The summed E-state index contributed by atoms with van der Waals surface area (Å²) in [6, 6.07) is 0. The second-order valence-corrected chi connectivity index (χ2v) is 3.50. The minimum atomic E-state index is -0.156. The van der Waals surface area contributed by atoms with Crippen molar-refractivity contribution in [1.82, 2.24) is 0 Å². The van der Waals surface area contributed by atoms with Crippen LogP contribution in [0.25, 0.3) is 0 Å². The Hall–Kier alpha value is 0.960. The third kappa shape index (κ3) is 13.0. The molecule has 13 heavy (non-hydrogen) atoms. The average Bonchev–Trinajstić information content (AvgIpc) is 2.10. The molecular weight excluding hydrogens is 171 g/mol. The molecule has 0 aromatic heterocycles. The van der Waals surface area contributed by atoms with Crippen LogP contribution in [0.2, 0.25) is 0 Å². The third-order valence-corrected chi connectivity index (χ3v) is 2.22. The zero-order valence-corrected chi connectivity index (χ0v) is 11.4. The van der Waals surface area contributed by atoms with Crippen LogP contribution in [0.1, 0.15) is 58.3 Å². The molecule has 0 aromatic rings. The van der Waals surface area contributed by atoms with Crippen molar-refractivity contribution in [3.8, 4) is 0 Å². The Morgan fingerprint density at radius 3 is 2.15 bits per heavy atom. The van der Waals surface area contributed by atoms with E-state index in [1.807, 2.05) is 0 Å². The van der Waals surface area contributed by atoms with Crippen molar-refractivity contribution in [2.75, 3.05) is 0 Å². The zero-order chi connectivity index (χ0) is 9.23. The fraction of sp³-hybridized carbons (Fsp3) is 0.909. The Balaban J connectivity index is 0. The van der Waals surface area contributed by atoms with E-state index in [0.29, 0.717) is 6.42 Å². The van der Waals surface area contributed by atoms with Crippen molar-refractivity contribution in [1.29, 1.82) is 0 Å². The van der Waals surface area contributed by atoms with Crippen LogP contribution >= 0.6 is 0 Å². The molecule has 0 amide bonds. The van der Waals surface area contributed by atoms with Crippen LogP contribution in [0.15, 0.2) is 0 Å². The van der Waals surface area contributed by atoms with E-state index in [-0.39, 0.29) is 35.7 Å². The average molecular weight is 194 g/mol. The van der Waals surface area contributed by atoms with E-state index in [9.17, 15) is 5.11 Å². The first-order chi connectivity index (χ1) is 5.81. The Bertz CT molecular complexity index is 86.2. The first-order valence-corrected chi connectivity index (χ1v) is 5.28. The normalized spacial score (nSPS) is 12.2. The van der Waals surface area contributed by atoms with E-state index < -0.39 is 0 Å². The monoisotopic (exact) mass is 194 g/mol. The Kier molecular flexibility index (Phi) is 16.3. The predicted octanol–water partition coefficient (Wildman–Crippen LogP) is 0.326. The van der Waals surface area contributed by atoms with Gasteiger partial charge in [-0.2, -0.15) is 6.42 Å². The Labute approximate surface area is 106 Å². The van der Waals surface area contributed by atoms with Gasteiger partial charge in [0.25, 0.3) is 0 Å².